The van der Waals surface area contributed by atoms with Crippen LogP contribution in [0.25, 0.3) is 0 Å². The third-order valence-electron chi connectivity index (χ3n) is 1.85. The molecule has 3 N–H and O–H groups in total. The van der Waals surface area contributed by atoms with Gasteiger partial charge in [0, 0.05) is 17.5 Å². The van der Waals surface area contributed by atoms with E-state index in [1.807, 2.05) is 6.92 Å². The summed E-state index contributed by atoms with van der Waals surface area (Å²) in [6.45, 7) is 3.74. The van der Waals surface area contributed by atoms with Crippen LogP contribution < -0.4 is 5.32 Å². The summed E-state index contributed by atoms with van der Waals surface area (Å²) in [4.78, 5) is 0. The average molecular weight is 177 g/mol. The lowest BCUT2D eigenvalue weighted by Gasteiger charge is -2.14. The molecule has 1 aliphatic heterocycles. The summed E-state index contributed by atoms with van der Waals surface area (Å²) in [6.07, 6.45) is -1.07. The highest BCUT2D eigenvalue weighted by molar-refractivity contribution is 8.00. The Morgan fingerprint density at radius 2 is 2.27 bits per heavy atom. The quantitative estimate of drug-likeness (QED) is 0.540. The van der Waals surface area contributed by atoms with Crippen LogP contribution in [0, 0.1) is 0 Å². The third kappa shape index (κ3) is 2.33. The molecule has 1 rings (SSSR count). The normalized spacial score (nSPS) is 37.9. The average Bonchev–Trinajstić information content (AvgIpc) is 2.31. The molecular formula is C7H15NO2S. The zero-order valence-corrected chi connectivity index (χ0v) is 7.47. The van der Waals surface area contributed by atoms with Crippen molar-refractivity contribution >= 4 is 11.8 Å². The number of rotatable bonds is 3. The minimum Gasteiger partial charge on any atom is -0.390 e. The predicted molar refractivity (Wildman–Crippen MR) is 46.8 cm³/mol. The first-order valence-electron chi connectivity index (χ1n) is 3.94. The standard InChI is InChI=1S/C7H15NO2S/c1-2-8-3-6-7(10)5(9)4-11-6/h5-10H,2-4H2,1H3. The van der Waals surface area contributed by atoms with Crippen molar-refractivity contribution < 1.29 is 10.2 Å². The van der Waals surface area contributed by atoms with Crippen molar-refractivity contribution in [2.75, 3.05) is 18.8 Å². The summed E-state index contributed by atoms with van der Waals surface area (Å²) >= 11 is 1.64. The van der Waals surface area contributed by atoms with Crippen molar-refractivity contribution in [2.45, 2.75) is 24.4 Å². The topological polar surface area (TPSA) is 52.5 Å². The van der Waals surface area contributed by atoms with Gasteiger partial charge in [0.15, 0.2) is 0 Å². The maximum Gasteiger partial charge on any atom is 0.0937 e. The molecule has 11 heavy (non-hydrogen) atoms. The van der Waals surface area contributed by atoms with Gasteiger partial charge in [0.25, 0.3) is 0 Å². The summed E-state index contributed by atoms with van der Waals surface area (Å²) < 4.78 is 0. The van der Waals surface area contributed by atoms with Crippen molar-refractivity contribution in [3.63, 3.8) is 0 Å². The molecule has 0 saturated carbocycles. The van der Waals surface area contributed by atoms with Gasteiger partial charge >= 0.3 is 0 Å². The molecule has 0 bridgehead atoms. The molecule has 4 heteroatoms. The molecule has 0 radical (unpaired) electrons. The molecule has 1 saturated heterocycles. The largest absolute Gasteiger partial charge is 0.390 e. The Labute approximate surface area is 71.2 Å². The lowest BCUT2D eigenvalue weighted by Crippen LogP contribution is -2.35. The minimum absolute atomic E-state index is 0.171. The Kier molecular flexibility index (Phi) is 3.65. The van der Waals surface area contributed by atoms with Crippen LogP contribution in [0.2, 0.25) is 0 Å². The maximum absolute atomic E-state index is 9.37. The molecule has 3 atom stereocenters. The van der Waals surface area contributed by atoms with Gasteiger partial charge in [0.2, 0.25) is 0 Å². The molecule has 0 amide bonds. The van der Waals surface area contributed by atoms with E-state index in [-0.39, 0.29) is 5.25 Å². The SMILES string of the molecule is CCNCC1SCC(O)C1O. The molecule has 3 unspecified atom stereocenters. The summed E-state index contributed by atoms with van der Waals surface area (Å²) in [5.74, 6) is 0.664. The lowest BCUT2D eigenvalue weighted by molar-refractivity contribution is 0.0420. The summed E-state index contributed by atoms with van der Waals surface area (Å²) in [5.41, 5.74) is 0. The number of nitrogens with one attached hydrogen (secondary N) is 1. The van der Waals surface area contributed by atoms with Crippen LogP contribution in [-0.2, 0) is 0 Å². The molecule has 3 nitrogen and oxygen atoms in total. The highest BCUT2D eigenvalue weighted by atomic mass is 32.2. The van der Waals surface area contributed by atoms with Crippen molar-refractivity contribution in [2.24, 2.45) is 0 Å². The van der Waals surface area contributed by atoms with Gasteiger partial charge in [0.1, 0.15) is 0 Å². The maximum atomic E-state index is 9.37. The molecule has 66 valence electrons. The molecule has 0 aromatic rings. The van der Waals surface area contributed by atoms with Gasteiger partial charge in [-0.05, 0) is 6.54 Å². The van der Waals surface area contributed by atoms with Gasteiger partial charge in [-0.1, -0.05) is 6.92 Å². The van der Waals surface area contributed by atoms with E-state index in [1.54, 1.807) is 11.8 Å². The van der Waals surface area contributed by atoms with Gasteiger partial charge in [-0.25, -0.2) is 0 Å². The summed E-state index contributed by atoms with van der Waals surface area (Å²) in [7, 11) is 0. The summed E-state index contributed by atoms with van der Waals surface area (Å²) in [6, 6.07) is 0. The molecule has 1 fully saturated rings. The lowest BCUT2D eigenvalue weighted by atomic mass is 10.1. The van der Waals surface area contributed by atoms with E-state index in [0.29, 0.717) is 5.75 Å². The van der Waals surface area contributed by atoms with Crippen molar-refractivity contribution in [1.82, 2.24) is 5.32 Å². The molecule has 0 spiro atoms. The first-order chi connectivity index (χ1) is 5.25. The van der Waals surface area contributed by atoms with E-state index >= 15 is 0 Å². The van der Waals surface area contributed by atoms with Crippen molar-refractivity contribution in [1.29, 1.82) is 0 Å². The number of hydrogen-bond acceptors (Lipinski definition) is 4. The number of hydrogen-bond donors (Lipinski definition) is 3. The van der Waals surface area contributed by atoms with Crippen LogP contribution in [0.3, 0.4) is 0 Å². The Bertz CT molecular complexity index is 123. The predicted octanol–water partition coefficient (Wildman–Crippen LogP) is -0.567. The van der Waals surface area contributed by atoms with E-state index in [4.69, 9.17) is 5.11 Å². The van der Waals surface area contributed by atoms with E-state index < -0.39 is 12.2 Å². The Hall–Kier alpha value is 0.230. The second kappa shape index (κ2) is 4.30. The third-order valence-corrected chi connectivity index (χ3v) is 3.26. The van der Waals surface area contributed by atoms with Crippen molar-refractivity contribution in [3.05, 3.63) is 0 Å². The smallest absolute Gasteiger partial charge is 0.0937 e. The minimum atomic E-state index is -0.543. The fraction of sp³-hybridized carbons (Fsp3) is 1.00. The van der Waals surface area contributed by atoms with E-state index in [0.717, 1.165) is 13.1 Å². The Morgan fingerprint density at radius 3 is 2.73 bits per heavy atom. The van der Waals surface area contributed by atoms with E-state index in [2.05, 4.69) is 5.32 Å². The van der Waals surface area contributed by atoms with Crippen LogP contribution in [0.1, 0.15) is 6.92 Å². The molecule has 1 aliphatic rings. The van der Waals surface area contributed by atoms with Crippen LogP contribution in [0.5, 0.6) is 0 Å². The number of thioether (sulfide) groups is 1. The van der Waals surface area contributed by atoms with Crippen LogP contribution >= 0.6 is 11.8 Å². The first kappa shape index (κ1) is 9.32. The Morgan fingerprint density at radius 1 is 1.55 bits per heavy atom. The molecule has 0 aliphatic carbocycles. The second-order valence-electron chi connectivity index (χ2n) is 2.74. The van der Waals surface area contributed by atoms with E-state index in [9.17, 15) is 5.11 Å². The fourth-order valence-electron chi connectivity index (χ4n) is 1.13. The van der Waals surface area contributed by atoms with Gasteiger partial charge < -0.3 is 15.5 Å². The second-order valence-corrected chi connectivity index (χ2v) is 4.01. The van der Waals surface area contributed by atoms with Crippen molar-refractivity contribution in [3.8, 4) is 0 Å². The zero-order chi connectivity index (χ0) is 8.27. The number of aliphatic hydroxyl groups is 2. The van der Waals surface area contributed by atoms with Gasteiger partial charge in [-0.2, -0.15) is 11.8 Å². The first-order valence-corrected chi connectivity index (χ1v) is 4.99. The summed E-state index contributed by atoms with van der Waals surface area (Å²) in [5, 5.41) is 21.9. The highest BCUT2D eigenvalue weighted by Crippen LogP contribution is 2.26. The zero-order valence-electron chi connectivity index (χ0n) is 6.66. The van der Waals surface area contributed by atoms with E-state index in [1.165, 1.54) is 0 Å². The molecule has 1 heterocycles. The van der Waals surface area contributed by atoms with Crippen LogP contribution in [0.15, 0.2) is 0 Å². The number of aliphatic hydroxyl groups excluding tert-OH is 2. The van der Waals surface area contributed by atoms with Gasteiger partial charge in [0.05, 0.1) is 12.2 Å². The Balaban J connectivity index is 2.24. The van der Waals surface area contributed by atoms with Crippen LogP contribution in [0.4, 0.5) is 0 Å². The van der Waals surface area contributed by atoms with Gasteiger partial charge in [-0.3, -0.25) is 0 Å². The monoisotopic (exact) mass is 177 g/mol. The molecule has 0 aromatic carbocycles. The molecule has 0 aromatic heterocycles. The fourth-order valence-corrected chi connectivity index (χ4v) is 2.39. The molecular weight excluding hydrogens is 162 g/mol. The van der Waals surface area contributed by atoms with Crippen LogP contribution in [-0.4, -0.2) is 46.5 Å². The van der Waals surface area contributed by atoms with Gasteiger partial charge in [-0.15, -0.1) is 0 Å². The highest BCUT2D eigenvalue weighted by Gasteiger charge is 2.33.